The number of benzene rings is 1. The number of nitrogens with one attached hydrogen (secondary N) is 2. The third-order valence-electron chi connectivity index (χ3n) is 3.57. The predicted molar refractivity (Wildman–Crippen MR) is 90.1 cm³/mol. The average molecular weight is 297 g/mol. The SMILES string of the molecule is CCC(C)Nc1cc(C(=O)NCCc2ccccc2)ccn1. The number of carbonyl (C=O) groups excluding carboxylic acids is 1. The first-order chi connectivity index (χ1) is 10.7. The lowest BCUT2D eigenvalue weighted by Crippen LogP contribution is -2.26. The molecule has 0 aliphatic heterocycles. The number of hydrogen-bond acceptors (Lipinski definition) is 3. The predicted octanol–water partition coefficient (Wildman–Crippen LogP) is 3.26. The van der Waals surface area contributed by atoms with Crippen LogP contribution in [0.2, 0.25) is 0 Å². The van der Waals surface area contributed by atoms with Crippen LogP contribution in [0.1, 0.15) is 36.2 Å². The van der Waals surface area contributed by atoms with E-state index in [4.69, 9.17) is 0 Å². The monoisotopic (exact) mass is 297 g/mol. The molecule has 0 radical (unpaired) electrons. The number of hydrogen-bond donors (Lipinski definition) is 2. The van der Waals surface area contributed by atoms with Gasteiger partial charge in [-0.25, -0.2) is 4.98 Å². The van der Waals surface area contributed by atoms with E-state index in [0.29, 0.717) is 18.2 Å². The molecule has 0 saturated heterocycles. The Morgan fingerprint density at radius 2 is 2.00 bits per heavy atom. The van der Waals surface area contributed by atoms with E-state index in [-0.39, 0.29) is 5.91 Å². The van der Waals surface area contributed by atoms with Crippen molar-refractivity contribution < 1.29 is 4.79 Å². The molecule has 2 aromatic rings. The third-order valence-corrected chi connectivity index (χ3v) is 3.57. The summed E-state index contributed by atoms with van der Waals surface area (Å²) in [4.78, 5) is 16.4. The van der Waals surface area contributed by atoms with Gasteiger partial charge in [0.25, 0.3) is 5.91 Å². The first-order valence-electron chi connectivity index (χ1n) is 7.73. The molecular formula is C18H23N3O. The maximum atomic E-state index is 12.2. The molecule has 1 atom stereocenters. The van der Waals surface area contributed by atoms with Crippen LogP contribution in [0, 0.1) is 0 Å². The molecule has 1 aromatic heterocycles. The van der Waals surface area contributed by atoms with E-state index in [1.165, 1.54) is 5.56 Å². The molecular weight excluding hydrogens is 274 g/mol. The quantitative estimate of drug-likeness (QED) is 0.824. The summed E-state index contributed by atoms with van der Waals surface area (Å²) in [7, 11) is 0. The number of nitrogens with zero attached hydrogens (tertiary/aromatic N) is 1. The van der Waals surface area contributed by atoms with E-state index in [1.54, 1.807) is 18.3 Å². The van der Waals surface area contributed by atoms with Gasteiger partial charge in [-0.3, -0.25) is 4.79 Å². The Hall–Kier alpha value is -2.36. The van der Waals surface area contributed by atoms with E-state index < -0.39 is 0 Å². The number of carbonyl (C=O) groups is 1. The lowest BCUT2D eigenvalue weighted by atomic mass is 10.1. The summed E-state index contributed by atoms with van der Waals surface area (Å²) in [5.74, 6) is 0.676. The Morgan fingerprint density at radius 3 is 2.73 bits per heavy atom. The van der Waals surface area contributed by atoms with Gasteiger partial charge in [0.2, 0.25) is 0 Å². The lowest BCUT2D eigenvalue weighted by Gasteiger charge is -2.12. The van der Waals surface area contributed by atoms with E-state index in [1.807, 2.05) is 18.2 Å². The van der Waals surface area contributed by atoms with Gasteiger partial charge < -0.3 is 10.6 Å². The van der Waals surface area contributed by atoms with E-state index >= 15 is 0 Å². The summed E-state index contributed by atoms with van der Waals surface area (Å²) in [6.07, 6.45) is 3.50. The molecule has 0 aliphatic carbocycles. The van der Waals surface area contributed by atoms with Crippen LogP contribution in [-0.2, 0) is 6.42 Å². The minimum atomic E-state index is -0.0643. The van der Waals surface area contributed by atoms with Crippen molar-refractivity contribution in [3.63, 3.8) is 0 Å². The summed E-state index contributed by atoms with van der Waals surface area (Å²) in [6, 6.07) is 14.0. The largest absolute Gasteiger partial charge is 0.368 e. The number of amides is 1. The van der Waals surface area contributed by atoms with Crippen molar-refractivity contribution in [2.75, 3.05) is 11.9 Å². The molecule has 116 valence electrons. The minimum absolute atomic E-state index is 0.0643. The smallest absolute Gasteiger partial charge is 0.251 e. The van der Waals surface area contributed by atoms with Gasteiger partial charge in [0.05, 0.1) is 0 Å². The van der Waals surface area contributed by atoms with Gasteiger partial charge in [-0.2, -0.15) is 0 Å². The molecule has 2 N–H and O–H groups in total. The van der Waals surface area contributed by atoms with Gasteiger partial charge >= 0.3 is 0 Å². The van der Waals surface area contributed by atoms with Crippen LogP contribution in [0.15, 0.2) is 48.7 Å². The van der Waals surface area contributed by atoms with Crippen molar-refractivity contribution in [2.45, 2.75) is 32.7 Å². The van der Waals surface area contributed by atoms with Crippen LogP contribution in [-0.4, -0.2) is 23.5 Å². The zero-order chi connectivity index (χ0) is 15.8. The molecule has 2 rings (SSSR count). The zero-order valence-corrected chi connectivity index (χ0v) is 13.2. The highest BCUT2D eigenvalue weighted by atomic mass is 16.1. The second-order valence-corrected chi connectivity index (χ2v) is 5.37. The number of aromatic nitrogens is 1. The summed E-state index contributed by atoms with van der Waals surface area (Å²) in [5.41, 5.74) is 1.85. The minimum Gasteiger partial charge on any atom is -0.368 e. The van der Waals surface area contributed by atoms with E-state index in [9.17, 15) is 4.79 Å². The van der Waals surface area contributed by atoms with Crippen molar-refractivity contribution in [1.29, 1.82) is 0 Å². The molecule has 1 aromatic carbocycles. The maximum absolute atomic E-state index is 12.2. The van der Waals surface area contributed by atoms with Crippen LogP contribution in [0.4, 0.5) is 5.82 Å². The van der Waals surface area contributed by atoms with Crippen LogP contribution >= 0.6 is 0 Å². The van der Waals surface area contributed by atoms with Crippen LogP contribution in [0.3, 0.4) is 0 Å². The molecule has 1 unspecified atom stereocenters. The van der Waals surface area contributed by atoms with Gasteiger partial charge in [-0.1, -0.05) is 37.3 Å². The van der Waals surface area contributed by atoms with E-state index in [0.717, 1.165) is 18.7 Å². The van der Waals surface area contributed by atoms with Crippen LogP contribution < -0.4 is 10.6 Å². The first kappa shape index (κ1) is 16.0. The van der Waals surface area contributed by atoms with Gasteiger partial charge in [-0.15, -0.1) is 0 Å². The fourth-order valence-electron chi connectivity index (χ4n) is 2.07. The second kappa shape index (κ2) is 8.17. The average Bonchev–Trinajstić information content (AvgIpc) is 2.56. The molecule has 22 heavy (non-hydrogen) atoms. The Labute approximate surface area is 132 Å². The van der Waals surface area contributed by atoms with Gasteiger partial charge in [0.15, 0.2) is 0 Å². The molecule has 0 bridgehead atoms. The molecule has 1 amide bonds. The molecule has 1 heterocycles. The normalized spacial score (nSPS) is 11.7. The Balaban J connectivity index is 1.88. The van der Waals surface area contributed by atoms with Gasteiger partial charge in [0.1, 0.15) is 5.82 Å². The van der Waals surface area contributed by atoms with Crippen LogP contribution in [0.25, 0.3) is 0 Å². The highest BCUT2D eigenvalue weighted by Crippen LogP contribution is 2.09. The molecule has 0 spiro atoms. The Kier molecular flexibility index (Phi) is 5.95. The number of pyridine rings is 1. The number of anilines is 1. The Bertz CT molecular complexity index is 598. The molecule has 0 fully saturated rings. The van der Waals surface area contributed by atoms with Gasteiger partial charge in [-0.05, 0) is 37.5 Å². The topological polar surface area (TPSA) is 54.0 Å². The van der Waals surface area contributed by atoms with Crippen molar-refractivity contribution in [3.8, 4) is 0 Å². The van der Waals surface area contributed by atoms with Crippen LogP contribution in [0.5, 0.6) is 0 Å². The molecule has 0 saturated carbocycles. The molecule has 0 aliphatic rings. The lowest BCUT2D eigenvalue weighted by molar-refractivity contribution is 0.0954. The van der Waals surface area contributed by atoms with Gasteiger partial charge in [0, 0.05) is 24.3 Å². The summed E-state index contributed by atoms with van der Waals surface area (Å²) < 4.78 is 0. The van der Waals surface area contributed by atoms with E-state index in [2.05, 4.69) is 41.6 Å². The Morgan fingerprint density at radius 1 is 1.23 bits per heavy atom. The highest BCUT2D eigenvalue weighted by molar-refractivity contribution is 5.94. The maximum Gasteiger partial charge on any atom is 0.251 e. The third kappa shape index (κ3) is 4.88. The van der Waals surface area contributed by atoms with Crippen molar-refractivity contribution in [1.82, 2.24) is 10.3 Å². The number of rotatable bonds is 7. The second-order valence-electron chi connectivity index (χ2n) is 5.37. The first-order valence-corrected chi connectivity index (χ1v) is 7.73. The fourth-order valence-corrected chi connectivity index (χ4v) is 2.07. The van der Waals surface area contributed by atoms with Crippen molar-refractivity contribution in [2.24, 2.45) is 0 Å². The summed E-state index contributed by atoms with van der Waals surface area (Å²) >= 11 is 0. The molecule has 4 heteroatoms. The highest BCUT2D eigenvalue weighted by Gasteiger charge is 2.07. The molecule has 4 nitrogen and oxygen atoms in total. The summed E-state index contributed by atoms with van der Waals surface area (Å²) in [6.45, 7) is 4.82. The summed E-state index contributed by atoms with van der Waals surface area (Å²) in [5, 5.41) is 6.23. The van der Waals surface area contributed by atoms with Crippen molar-refractivity contribution in [3.05, 3.63) is 59.8 Å². The van der Waals surface area contributed by atoms with Crippen molar-refractivity contribution >= 4 is 11.7 Å². The fraction of sp³-hybridized carbons (Fsp3) is 0.333. The standard InChI is InChI=1S/C18H23N3O/c1-3-14(2)21-17-13-16(10-12-19-17)18(22)20-11-9-15-7-5-4-6-8-15/h4-8,10,12-14H,3,9,11H2,1-2H3,(H,19,21)(H,20,22). The zero-order valence-electron chi connectivity index (χ0n) is 13.2.